The van der Waals surface area contributed by atoms with E-state index in [2.05, 4.69) is 33.6 Å². The van der Waals surface area contributed by atoms with Crippen molar-refractivity contribution in [3.8, 4) is 11.3 Å². The number of aromatic amines is 1. The Morgan fingerprint density at radius 2 is 2.09 bits per heavy atom. The number of halogens is 1. The first-order valence-electron chi connectivity index (χ1n) is 11.7. The molecule has 0 radical (unpaired) electrons. The topological polar surface area (TPSA) is 82.7 Å². The molecule has 0 saturated heterocycles. The van der Waals surface area contributed by atoms with Crippen molar-refractivity contribution in [3.05, 3.63) is 41.7 Å². The summed E-state index contributed by atoms with van der Waals surface area (Å²) in [6.45, 7) is 4.18. The summed E-state index contributed by atoms with van der Waals surface area (Å²) < 4.78 is 0. The number of H-pyrrole nitrogens is 1. The van der Waals surface area contributed by atoms with Crippen LogP contribution in [-0.4, -0.2) is 32.9 Å². The van der Waals surface area contributed by atoms with Gasteiger partial charge in [0.15, 0.2) is 0 Å². The first-order valence-corrected chi connectivity index (χ1v) is 12.1. The number of fused-ring (bicyclic) bond motifs is 1. The van der Waals surface area contributed by atoms with Crippen LogP contribution in [0.1, 0.15) is 58.8 Å². The second kappa shape index (κ2) is 10.3. The van der Waals surface area contributed by atoms with Gasteiger partial charge >= 0.3 is 0 Å². The zero-order valence-electron chi connectivity index (χ0n) is 18.8. The number of hydrogen-bond acceptors (Lipinski definition) is 4. The molecule has 1 aliphatic rings. The lowest BCUT2D eigenvalue weighted by Gasteiger charge is -2.31. The number of nitrogens with zero attached hydrogens (tertiary/aromatic N) is 2. The van der Waals surface area contributed by atoms with E-state index in [0.717, 1.165) is 61.4 Å². The highest BCUT2D eigenvalue weighted by molar-refractivity contribution is 6.33. The fourth-order valence-corrected chi connectivity index (χ4v) is 4.71. The summed E-state index contributed by atoms with van der Waals surface area (Å²) in [5.41, 5.74) is 2.73. The molecule has 4 rings (SSSR count). The highest BCUT2D eigenvalue weighted by Gasteiger charge is 2.25. The predicted molar refractivity (Wildman–Crippen MR) is 131 cm³/mol. The number of anilines is 1. The zero-order chi connectivity index (χ0) is 22.5. The van der Waals surface area contributed by atoms with Gasteiger partial charge in [-0.3, -0.25) is 4.79 Å². The first kappa shape index (κ1) is 22.6. The van der Waals surface area contributed by atoms with Crippen LogP contribution in [-0.2, 0) is 4.79 Å². The number of aromatic nitrogens is 3. The Morgan fingerprint density at radius 1 is 1.28 bits per heavy atom. The standard InChI is InChI=1S/C25H32ClN5O/c1-3-4-8-16(2)24(32)29-17-9-7-10-18(13-17)30-25-28-15-21(26)23(31-25)20-14-27-22-12-6-5-11-19(20)22/h5-6,11-12,14-18,27H,3-4,7-10,13H2,1-2H3,(H,29,32)(H,28,30,31)/t16-,17-,18+/m0/s1. The molecular formula is C25H32ClN5O. The van der Waals surface area contributed by atoms with Gasteiger partial charge in [0.2, 0.25) is 11.9 Å². The SMILES string of the molecule is CCCC[C@H](C)C(=O)N[C@H]1CCC[C@@H](Nc2ncc(Cl)c(-c3c[nH]c4ccccc34)n2)C1. The Labute approximate surface area is 194 Å². The van der Waals surface area contributed by atoms with Crippen LogP contribution in [0.4, 0.5) is 5.95 Å². The fourth-order valence-electron chi connectivity index (χ4n) is 4.51. The number of para-hydroxylation sites is 1. The van der Waals surface area contributed by atoms with Crippen LogP contribution in [0.25, 0.3) is 22.2 Å². The van der Waals surface area contributed by atoms with Crippen molar-refractivity contribution in [1.29, 1.82) is 0 Å². The molecule has 3 atom stereocenters. The molecule has 6 nitrogen and oxygen atoms in total. The average molecular weight is 454 g/mol. The van der Waals surface area contributed by atoms with Gasteiger partial charge in [0.05, 0.1) is 16.9 Å². The number of amides is 1. The molecule has 1 saturated carbocycles. The van der Waals surface area contributed by atoms with Crippen molar-refractivity contribution < 1.29 is 4.79 Å². The van der Waals surface area contributed by atoms with E-state index in [0.29, 0.717) is 16.7 Å². The van der Waals surface area contributed by atoms with Crippen LogP contribution >= 0.6 is 11.6 Å². The Balaban J connectivity index is 1.43. The van der Waals surface area contributed by atoms with E-state index in [1.165, 1.54) is 0 Å². The molecule has 32 heavy (non-hydrogen) atoms. The van der Waals surface area contributed by atoms with Gasteiger partial charge in [-0.2, -0.15) is 0 Å². The lowest BCUT2D eigenvalue weighted by Crippen LogP contribution is -2.43. The van der Waals surface area contributed by atoms with E-state index in [1.807, 2.05) is 31.3 Å². The van der Waals surface area contributed by atoms with Gasteiger partial charge < -0.3 is 15.6 Å². The molecule has 0 spiro atoms. The molecule has 0 bridgehead atoms. The van der Waals surface area contributed by atoms with Crippen LogP contribution in [0.5, 0.6) is 0 Å². The summed E-state index contributed by atoms with van der Waals surface area (Å²) in [4.78, 5) is 25.0. The quantitative estimate of drug-likeness (QED) is 0.394. The van der Waals surface area contributed by atoms with Crippen LogP contribution in [0.15, 0.2) is 36.7 Å². The molecule has 170 valence electrons. The van der Waals surface area contributed by atoms with Gasteiger partial charge in [-0.15, -0.1) is 0 Å². The zero-order valence-corrected chi connectivity index (χ0v) is 19.6. The summed E-state index contributed by atoms with van der Waals surface area (Å²) in [7, 11) is 0. The maximum atomic E-state index is 12.5. The predicted octanol–water partition coefficient (Wildman–Crippen LogP) is 5.94. The third kappa shape index (κ3) is 5.23. The summed E-state index contributed by atoms with van der Waals surface area (Å²) >= 11 is 6.46. The summed E-state index contributed by atoms with van der Waals surface area (Å²) in [6.07, 6.45) is 10.8. The molecule has 3 N–H and O–H groups in total. The molecule has 1 fully saturated rings. The number of carbonyl (C=O) groups is 1. The minimum Gasteiger partial charge on any atom is -0.360 e. The lowest BCUT2D eigenvalue weighted by atomic mass is 9.90. The molecule has 0 aliphatic heterocycles. The molecule has 2 aromatic heterocycles. The Hall–Kier alpha value is -2.60. The number of benzene rings is 1. The Bertz CT molecular complexity index is 1070. The normalized spacial score (nSPS) is 19.6. The molecule has 7 heteroatoms. The van der Waals surface area contributed by atoms with Crippen molar-refractivity contribution in [1.82, 2.24) is 20.3 Å². The number of nitrogens with one attached hydrogen (secondary N) is 3. The van der Waals surface area contributed by atoms with Gasteiger partial charge in [0.25, 0.3) is 0 Å². The maximum Gasteiger partial charge on any atom is 0.223 e. The van der Waals surface area contributed by atoms with Crippen LogP contribution < -0.4 is 10.6 Å². The van der Waals surface area contributed by atoms with Crippen molar-refractivity contribution in [3.63, 3.8) is 0 Å². The smallest absolute Gasteiger partial charge is 0.223 e. The second-order valence-corrected chi connectivity index (χ2v) is 9.30. The highest BCUT2D eigenvalue weighted by atomic mass is 35.5. The minimum atomic E-state index is 0.0709. The molecule has 1 amide bonds. The number of rotatable bonds is 8. The monoisotopic (exact) mass is 453 g/mol. The first-order chi connectivity index (χ1) is 15.5. The van der Waals surface area contributed by atoms with Gasteiger partial charge in [-0.05, 0) is 38.2 Å². The van der Waals surface area contributed by atoms with Gasteiger partial charge in [-0.1, -0.05) is 56.5 Å². The number of hydrogen-bond donors (Lipinski definition) is 3. The fraction of sp³-hybridized carbons (Fsp3) is 0.480. The third-order valence-electron chi connectivity index (χ3n) is 6.38. The molecular weight excluding hydrogens is 422 g/mol. The van der Waals surface area contributed by atoms with Crippen LogP contribution in [0, 0.1) is 5.92 Å². The van der Waals surface area contributed by atoms with E-state index in [1.54, 1.807) is 6.20 Å². The molecule has 3 aromatic rings. The van der Waals surface area contributed by atoms with Gasteiger partial charge in [0, 0.05) is 40.7 Å². The summed E-state index contributed by atoms with van der Waals surface area (Å²) in [5.74, 6) is 0.818. The van der Waals surface area contributed by atoms with E-state index in [4.69, 9.17) is 16.6 Å². The van der Waals surface area contributed by atoms with E-state index in [-0.39, 0.29) is 23.9 Å². The Kier molecular flexibility index (Phi) is 7.30. The van der Waals surface area contributed by atoms with Crippen molar-refractivity contribution in [2.75, 3.05) is 5.32 Å². The molecule has 1 aromatic carbocycles. The van der Waals surface area contributed by atoms with Gasteiger partial charge in [0.1, 0.15) is 0 Å². The summed E-state index contributed by atoms with van der Waals surface area (Å²) in [6, 6.07) is 8.51. The number of carbonyl (C=O) groups excluding carboxylic acids is 1. The van der Waals surface area contributed by atoms with Crippen molar-refractivity contribution in [2.45, 2.75) is 70.9 Å². The third-order valence-corrected chi connectivity index (χ3v) is 6.66. The minimum absolute atomic E-state index is 0.0709. The average Bonchev–Trinajstić information content (AvgIpc) is 3.23. The second-order valence-electron chi connectivity index (χ2n) is 8.89. The highest BCUT2D eigenvalue weighted by Crippen LogP contribution is 2.32. The summed E-state index contributed by atoms with van der Waals surface area (Å²) in [5, 5.41) is 8.35. The van der Waals surface area contributed by atoms with Crippen LogP contribution in [0.3, 0.4) is 0 Å². The molecule has 1 aliphatic carbocycles. The molecule has 0 unspecified atom stereocenters. The van der Waals surface area contributed by atoms with Crippen molar-refractivity contribution >= 4 is 34.4 Å². The largest absolute Gasteiger partial charge is 0.360 e. The van der Waals surface area contributed by atoms with E-state index < -0.39 is 0 Å². The van der Waals surface area contributed by atoms with Crippen molar-refractivity contribution in [2.24, 2.45) is 5.92 Å². The van der Waals surface area contributed by atoms with E-state index >= 15 is 0 Å². The number of unbranched alkanes of at least 4 members (excludes halogenated alkanes) is 1. The van der Waals surface area contributed by atoms with E-state index in [9.17, 15) is 4.79 Å². The van der Waals surface area contributed by atoms with Crippen LogP contribution in [0.2, 0.25) is 5.02 Å². The molecule has 2 heterocycles. The Morgan fingerprint density at radius 3 is 2.94 bits per heavy atom. The lowest BCUT2D eigenvalue weighted by molar-refractivity contribution is -0.125. The van der Waals surface area contributed by atoms with Gasteiger partial charge in [-0.25, -0.2) is 9.97 Å². The maximum absolute atomic E-state index is 12.5.